The van der Waals surface area contributed by atoms with Crippen molar-refractivity contribution in [2.75, 3.05) is 6.54 Å². The quantitative estimate of drug-likeness (QED) is 0.707. The predicted molar refractivity (Wildman–Crippen MR) is 67.8 cm³/mol. The van der Waals surface area contributed by atoms with Gasteiger partial charge in [0, 0.05) is 25.0 Å². The first-order valence-electron chi connectivity index (χ1n) is 5.78. The molecule has 3 amide bonds. The first kappa shape index (κ1) is 14.0. The molecule has 3 N–H and O–H groups in total. The molecule has 0 atom stereocenters. The van der Waals surface area contributed by atoms with E-state index in [2.05, 4.69) is 20.9 Å². The second kappa shape index (κ2) is 7.26. The molecule has 0 fully saturated rings. The van der Waals surface area contributed by atoms with Crippen LogP contribution in [0.2, 0.25) is 0 Å². The van der Waals surface area contributed by atoms with Crippen molar-refractivity contribution < 1.29 is 9.59 Å². The number of nitrogens with zero attached hydrogens (tertiary/aromatic N) is 1. The van der Waals surface area contributed by atoms with Crippen LogP contribution in [-0.4, -0.2) is 29.5 Å². The summed E-state index contributed by atoms with van der Waals surface area (Å²) in [7, 11) is 0. The summed E-state index contributed by atoms with van der Waals surface area (Å²) in [6, 6.07) is 3.34. The smallest absolute Gasteiger partial charge is 0.315 e. The van der Waals surface area contributed by atoms with Gasteiger partial charge >= 0.3 is 6.03 Å². The Balaban J connectivity index is 2.20. The number of pyridine rings is 1. The minimum Gasteiger partial charge on any atom is -0.350 e. The Kier molecular flexibility index (Phi) is 5.63. The van der Waals surface area contributed by atoms with E-state index in [-0.39, 0.29) is 24.5 Å². The van der Waals surface area contributed by atoms with E-state index in [1.807, 2.05) is 26.0 Å². The fourth-order valence-electron chi connectivity index (χ4n) is 1.24. The van der Waals surface area contributed by atoms with E-state index >= 15 is 0 Å². The van der Waals surface area contributed by atoms with Gasteiger partial charge in [-0.2, -0.15) is 0 Å². The molecule has 0 unspecified atom stereocenters. The van der Waals surface area contributed by atoms with Gasteiger partial charge in [0.25, 0.3) is 0 Å². The van der Waals surface area contributed by atoms with Gasteiger partial charge in [0.05, 0.1) is 6.54 Å². The maximum Gasteiger partial charge on any atom is 0.315 e. The average molecular weight is 250 g/mol. The first-order chi connectivity index (χ1) is 8.58. The van der Waals surface area contributed by atoms with E-state index in [1.54, 1.807) is 12.4 Å². The van der Waals surface area contributed by atoms with Crippen LogP contribution in [0.3, 0.4) is 0 Å². The van der Waals surface area contributed by atoms with Crippen LogP contribution in [0.25, 0.3) is 0 Å². The van der Waals surface area contributed by atoms with Gasteiger partial charge in [-0.25, -0.2) is 4.79 Å². The molecule has 98 valence electrons. The summed E-state index contributed by atoms with van der Waals surface area (Å²) in [5.41, 5.74) is 0.963. The molecule has 18 heavy (non-hydrogen) atoms. The standard InChI is InChI=1S/C12H18N4O2/c1-9(2)16-12(18)15-8-11(17)14-7-10-3-5-13-6-4-10/h3-6,9H,7-8H2,1-2H3,(H,14,17)(H2,15,16,18). The molecule has 0 spiro atoms. The molecule has 6 nitrogen and oxygen atoms in total. The molecule has 6 heteroatoms. The molecule has 0 bridgehead atoms. The Morgan fingerprint density at radius 3 is 2.50 bits per heavy atom. The molecule has 1 aromatic heterocycles. The predicted octanol–water partition coefficient (Wildman–Crippen LogP) is 0.405. The second-order valence-corrected chi connectivity index (χ2v) is 4.11. The molecule has 0 saturated heterocycles. The number of rotatable bonds is 5. The zero-order chi connectivity index (χ0) is 13.4. The molecule has 0 aliphatic carbocycles. The SMILES string of the molecule is CC(C)NC(=O)NCC(=O)NCc1ccncc1. The maximum atomic E-state index is 11.4. The van der Waals surface area contributed by atoms with Gasteiger partial charge in [-0.05, 0) is 31.5 Å². The second-order valence-electron chi connectivity index (χ2n) is 4.11. The summed E-state index contributed by atoms with van der Waals surface area (Å²) in [6.45, 7) is 4.09. The Bertz CT molecular complexity index is 392. The van der Waals surface area contributed by atoms with Crippen molar-refractivity contribution in [3.05, 3.63) is 30.1 Å². The molecular formula is C12H18N4O2. The highest BCUT2D eigenvalue weighted by molar-refractivity contribution is 5.83. The number of urea groups is 1. The van der Waals surface area contributed by atoms with Gasteiger partial charge in [0.15, 0.2) is 0 Å². The van der Waals surface area contributed by atoms with E-state index in [9.17, 15) is 9.59 Å². The van der Waals surface area contributed by atoms with E-state index in [1.165, 1.54) is 0 Å². The Morgan fingerprint density at radius 1 is 1.22 bits per heavy atom. The van der Waals surface area contributed by atoms with Gasteiger partial charge < -0.3 is 16.0 Å². The van der Waals surface area contributed by atoms with Gasteiger partial charge in [-0.1, -0.05) is 0 Å². The highest BCUT2D eigenvalue weighted by atomic mass is 16.2. The lowest BCUT2D eigenvalue weighted by Gasteiger charge is -2.10. The van der Waals surface area contributed by atoms with Crippen molar-refractivity contribution in [2.24, 2.45) is 0 Å². The third-order valence-corrected chi connectivity index (χ3v) is 2.07. The highest BCUT2D eigenvalue weighted by Gasteiger charge is 2.05. The third-order valence-electron chi connectivity index (χ3n) is 2.07. The number of aromatic nitrogens is 1. The topological polar surface area (TPSA) is 83.1 Å². The summed E-state index contributed by atoms with van der Waals surface area (Å²) in [6.07, 6.45) is 3.33. The summed E-state index contributed by atoms with van der Waals surface area (Å²) in [5, 5.41) is 7.81. The van der Waals surface area contributed by atoms with E-state index in [4.69, 9.17) is 0 Å². The van der Waals surface area contributed by atoms with Crippen molar-refractivity contribution in [1.29, 1.82) is 0 Å². The minimum absolute atomic E-state index is 0.0381. The summed E-state index contributed by atoms with van der Waals surface area (Å²) in [4.78, 5) is 26.5. The number of carbonyl (C=O) groups excluding carboxylic acids is 2. The number of hydrogen-bond acceptors (Lipinski definition) is 3. The highest BCUT2D eigenvalue weighted by Crippen LogP contribution is 1.94. The number of carbonyl (C=O) groups is 2. The number of amides is 3. The van der Waals surface area contributed by atoms with Crippen LogP contribution in [0.1, 0.15) is 19.4 Å². The third kappa shape index (κ3) is 5.83. The lowest BCUT2D eigenvalue weighted by molar-refractivity contribution is -0.120. The van der Waals surface area contributed by atoms with Crippen molar-refractivity contribution in [3.63, 3.8) is 0 Å². The molecule has 0 aliphatic heterocycles. The van der Waals surface area contributed by atoms with Gasteiger partial charge in [0.1, 0.15) is 0 Å². The molecule has 0 aliphatic rings. The summed E-state index contributed by atoms with van der Waals surface area (Å²) in [5.74, 6) is -0.231. The largest absolute Gasteiger partial charge is 0.350 e. The lowest BCUT2D eigenvalue weighted by Crippen LogP contribution is -2.44. The zero-order valence-electron chi connectivity index (χ0n) is 10.6. The Labute approximate surface area is 106 Å². The number of nitrogens with one attached hydrogen (secondary N) is 3. The molecule has 0 aromatic carbocycles. The minimum atomic E-state index is -0.343. The van der Waals surface area contributed by atoms with Crippen LogP contribution in [0, 0.1) is 0 Å². The average Bonchev–Trinajstić information content (AvgIpc) is 2.34. The van der Waals surface area contributed by atoms with Crippen LogP contribution >= 0.6 is 0 Å². The molecular weight excluding hydrogens is 232 g/mol. The maximum absolute atomic E-state index is 11.4. The monoisotopic (exact) mass is 250 g/mol. The molecule has 0 radical (unpaired) electrons. The number of hydrogen-bond donors (Lipinski definition) is 3. The first-order valence-corrected chi connectivity index (χ1v) is 5.78. The van der Waals surface area contributed by atoms with Crippen LogP contribution in [0.15, 0.2) is 24.5 Å². The molecule has 1 rings (SSSR count). The van der Waals surface area contributed by atoms with E-state index in [0.717, 1.165) is 5.56 Å². The van der Waals surface area contributed by atoms with Crippen molar-refractivity contribution >= 4 is 11.9 Å². The van der Waals surface area contributed by atoms with Crippen molar-refractivity contribution in [3.8, 4) is 0 Å². The normalized spacial score (nSPS) is 9.94. The Hall–Kier alpha value is -2.11. The fourth-order valence-corrected chi connectivity index (χ4v) is 1.24. The fraction of sp³-hybridized carbons (Fsp3) is 0.417. The lowest BCUT2D eigenvalue weighted by atomic mass is 10.3. The Morgan fingerprint density at radius 2 is 1.89 bits per heavy atom. The van der Waals surface area contributed by atoms with Gasteiger partial charge in [0.2, 0.25) is 5.91 Å². The summed E-state index contributed by atoms with van der Waals surface area (Å²) < 4.78 is 0. The molecule has 0 saturated carbocycles. The molecule has 1 heterocycles. The van der Waals surface area contributed by atoms with E-state index < -0.39 is 0 Å². The van der Waals surface area contributed by atoms with Gasteiger partial charge in [-0.3, -0.25) is 9.78 Å². The summed E-state index contributed by atoms with van der Waals surface area (Å²) >= 11 is 0. The van der Waals surface area contributed by atoms with Crippen molar-refractivity contribution in [1.82, 2.24) is 20.9 Å². The van der Waals surface area contributed by atoms with Crippen LogP contribution in [0.4, 0.5) is 4.79 Å². The van der Waals surface area contributed by atoms with Crippen LogP contribution < -0.4 is 16.0 Å². The molecule has 1 aromatic rings. The van der Waals surface area contributed by atoms with Gasteiger partial charge in [-0.15, -0.1) is 0 Å². The van der Waals surface area contributed by atoms with Crippen molar-refractivity contribution in [2.45, 2.75) is 26.4 Å². The van der Waals surface area contributed by atoms with Crippen LogP contribution in [-0.2, 0) is 11.3 Å². The van der Waals surface area contributed by atoms with E-state index in [0.29, 0.717) is 6.54 Å². The van der Waals surface area contributed by atoms with Crippen LogP contribution in [0.5, 0.6) is 0 Å². The zero-order valence-corrected chi connectivity index (χ0v) is 10.6.